The first kappa shape index (κ1) is 14.4. The van der Waals surface area contributed by atoms with Crippen LogP contribution in [0.1, 0.15) is 25.5 Å². The van der Waals surface area contributed by atoms with E-state index in [2.05, 4.69) is 60.2 Å². The van der Waals surface area contributed by atoms with Crippen molar-refractivity contribution >= 4 is 33.2 Å². The van der Waals surface area contributed by atoms with E-state index in [4.69, 9.17) is 5.73 Å². The van der Waals surface area contributed by atoms with E-state index in [1.54, 1.807) is 0 Å². The molecule has 0 saturated carbocycles. The lowest BCUT2D eigenvalue weighted by Crippen LogP contribution is -2.46. The Bertz CT molecular complexity index is 591. The molecular formula is C16H22N2S2. The second-order valence-electron chi connectivity index (χ2n) is 6.02. The predicted molar refractivity (Wildman–Crippen MR) is 91.7 cm³/mol. The maximum absolute atomic E-state index is 6.13. The van der Waals surface area contributed by atoms with Gasteiger partial charge in [0.2, 0.25) is 0 Å². The van der Waals surface area contributed by atoms with Crippen molar-refractivity contribution in [2.24, 2.45) is 5.73 Å². The molecule has 1 fully saturated rings. The Labute approximate surface area is 129 Å². The maximum Gasteiger partial charge on any atom is 0.0485 e. The molecule has 2 heterocycles. The van der Waals surface area contributed by atoms with Crippen LogP contribution in [-0.4, -0.2) is 35.0 Å². The number of thiophene rings is 1. The van der Waals surface area contributed by atoms with Gasteiger partial charge >= 0.3 is 0 Å². The standard InChI is InChI=1S/C16H22N2S2/c1-16(2)11-18(7-8-20-16)14(9-17)13-10-19-15-6-4-3-5-12(13)15/h3-6,10,14H,7-9,11,17H2,1-2H3. The van der Waals surface area contributed by atoms with Gasteiger partial charge in [0.1, 0.15) is 0 Å². The zero-order chi connectivity index (χ0) is 14.2. The van der Waals surface area contributed by atoms with Crippen LogP contribution in [0.5, 0.6) is 0 Å². The first-order chi connectivity index (χ1) is 9.61. The molecular weight excluding hydrogens is 284 g/mol. The van der Waals surface area contributed by atoms with E-state index < -0.39 is 0 Å². The van der Waals surface area contributed by atoms with Crippen LogP contribution in [-0.2, 0) is 0 Å². The number of nitrogens with two attached hydrogens (primary N) is 1. The summed E-state index contributed by atoms with van der Waals surface area (Å²) in [5.41, 5.74) is 7.54. The number of hydrogen-bond acceptors (Lipinski definition) is 4. The van der Waals surface area contributed by atoms with Crippen molar-refractivity contribution in [2.45, 2.75) is 24.6 Å². The van der Waals surface area contributed by atoms with Gasteiger partial charge in [-0.15, -0.1) is 11.3 Å². The van der Waals surface area contributed by atoms with Crippen molar-refractivity contribution in [1.82, 2.24) is 4.90 Å². The summed E-state index contributed by atoms with van der Waals surface area (Å²) in [6, 6.07) is 9.02. The molecule has 4 heteroatoms. The quantitative estimate of drug-likeness (QED) is 0.937. The maximum atomic E-state index is 6.13. The van der Waals surface area contributed by atoms with Crippen molar-refractivity contribution in [2.75, 3.05) is 25.4 Å². The molecule has 108 valence electrons. The Morgan fingerprint density at radius 3 is 2.90 bits per heavy atom. The minimum absolute atomic E-state index is 0.331. The van der Waals surface area contributed by atoms with E-state index >= 15 is 0 Å². The van der Waals surface area contributed by atoms with Crippen LogP contribution in [0.15, 0.2) is 29.6 Å². The lowest BCUT2D eigenvalue weighted by molar-refractivity contribution is 0.193. The molecule has 2 aromatic rings. The van der Waals surface area contributed by atoms with E-state index in [0.717, 1.165) is 13.1 Å². The molecule has 1 atom stereocenters. The van der Waals surface area contributed by atoms with Crippen LogP contribution in [0.3, 0.4) is 0 Å². The van der Waals surface area contributed by atoms with Gasteiger partial charge in [-0.2, -0.15) is 11.8 Å². The molecule has 1 saturated heterocycles. The van der Waals surface area contributed by atoms with Crippen LogP contribution in [0.25, 0.3) is 10.1 Å². The Morgan fingerprint density at radius 2 is 2.15 bits per heavy atom. The first-order valence-corrected chi connectivity index (χ1v) is 9.01. The highest BCUT2D eigenvalue weighted by Gasteiger charge is 2.32. The van der Waals surface area contributed by atoms with Crippen molar-refractivity contribution in [3.63, 3.8) is 0 Å². The minimum Gasteiger partial charge on any atom is -0.329 e. The fourth-order valence-corrected chi connectivity index (χ4v) is 5.19. The average Bonchev–Trinajstić information content (AvgIpc) is 2.83. The largest absolute Gasteiger partial charge is 0.329 e. The van der Waals surface area contributed by atoms with Gasteiger partial charge in [-0.3, -0.25) is 4.90 Å². The molecule has 1 aliphatic rings. The summed E-state index contributed by atoms with van der Waals surface area (Å²) >= 11 is 3.91. The number of fused-ring (bicyclic) bond motifs is 1. The van der Waals surface area contributed by atoms with E-state index in [0.29, 0.717) is 17.3 Å². The van der Waals surface area contributed by atoms with Crippen LogP contribution in [0.4, 0.5) is 0 Å². The highest BCUT2D eigenvalue weighted by molar-refractivity contribution is 8.00. The molecule has 20 heavy (non-hydrogen) atoms. The first-order valence-electron chi connectivity index (χ1n) is 7.15. The Morgan fingerprint density at radius 1 is 1.35 bits per heavy atom. The summed E-state index contributed by atoms with van der Waals surface area (Å²) in [5.74, 6) is 1.20. The highest BCUT2D eigenvalue weighted by Crippen LogP contribution is 2.37. The summed E-state index contributed by atoms with van der Waals surface area (Å²) in [5, 5.41) is 3.68. The zero-order valence-electron chi connectivity index (χ0n) is 12.1. The summed E-state index contributed by atoms with van der Waals surface area (Å²) < 4.78 is 1.70. The van der Waals surface area contributed by atoms with Crippen LogP contribution in [0, 0.1) is 0 Å². The average molecular weight is 307 g/mol. The summed E-state index contributed by atoms with van der Waals surface area (Å²) in [6.45, 7) is 7.62. The van der Waals surface area contributed by atoms with Crippen molar-refractivity contribution < 1.29 is 0 Å². The molecule has 2 N–H and O–H groups in total. The second kappa shape index (κ2) is 5.68. The van der Waals surface area contributed by atoms with Crippen molar-refractivity contribution in [3.8, 4) is 0 Å². The molecule has 2 nitrogen and oxygen atoms in total. The fraction of sp³-hybridized carbons (Fsp3) is 0.500. The topological polar surface area (TPSA) is 29.3 Å². The van der Waals surface area contributed by atoms with Crippen LogP contribution < -0.4 is 5.73 Å². The molecule has 1 unspecified atom stereocenters. The van der Waals surface area contributed by atoms with Crippen molar-refractivity contribution in [3.05, 3.63) is 35.2 Å². The minimum atomic E-state index is 0.331. The van der Waals surface area contributed by atoms with Gasteiger partial charge in [0.15, 0.2) is 0 Å². The van der Waals surface area contributed by atoms with Gasteiger partial charge in [-0.05, 0) is 36.2 Å². The molecule has 0 spiro atoms. The van der Waals surface area contributed by atoms with E-state index in [-0.39, 0.29) is 0 Å². The number of thioether (sulfide) groups is 1. The van der Waals surface area contributed by atoms with E-state index in [1.807, 2.05) is 11.3 Å². The zero-order valence-corrected chi connectivity index (χ0v) is 13.8. The van der Waals surface area contributed by atoms with Crippen molar-refractivity contribution in [1.29, 1.82) is 0 Å². The second-order valence-corrected chi connectivity index (χ2v) is 8.73. The lowest BCUT2D eigenvalue weighted by atomic mass is 10.0. The van der Waals surface area contributed by atoms with Crippen LogP contribution in [0.2, 0.25) is 0 Å². The van der Waals surface area contributed by atoms with Gasteiger partial charge in [0, 0.05) is 40.9 Å². The molecule has 0 amide bonds. The molecule has 1 aromatic carbocycles. The number of hydrogen-bond donors (Lipinski definition) is 1. The molecule has 1 aliphatic heterocycles. The SMILES string of the molecule is CC1(C)CN(C(CN)c2csc3ccccc23)CCS1. The molecule has 0 aliphatic carbocycles. The van der Waals surface area contributed by atoms with Gasteiger partial charge in [-0.1, -0.05) is 18.2 Å². The summed E-state index contributed by atoms with van der Waals surface area (Å²) in [7, 11) is 0. The third-order valence-electron chi connectivity index (χ3n) is 3.99. The van der Waals surface area contributed by atoms with Gasteiger partial charge in [-0.25, -0.2) is 0 Å². The normalized spacial score (nSPS) is 21.1. The number of benzene rings is 1. The summed E-state index contributed by atoms with van der Waals surface area (Å²) in [4.78, 5) is 2.57. The Balaban J connectivity index is 1.93. The monoisotopic (exact) mass is 306 g/mol. The predicted octanol–water partition coefficient (Wildman–Crippen LogP) is 3.73. The third kappa shape index (κ3) is 2.75. The molecule has 1 aromatic heterocycles. The van der Waals surface area contributed by atoms with Gasteiger partial charge in [0.25, 0.3) is 0 Å². The fourth-order valence-electron chi connectivity index (χ4n) is 3.05. The Kier molecular flexibility index (Phi) is 4.09. The number of nitrogens with zero attached hydrogens (tertiary/aromatic N) is 1. The Hall–Kier alpha value is -0.550. The molecule has 0 bridgehead atoms. The van der Waals surface area contributed by atoms with E-state index in [1.165, 1.54) is 21.4 Å². The summed E-state index contributed by atoms with van der Waals surface area (Å²) in [6.07, 6.45) is 0. The van der Waals surface area contributed by atoms with Gasteiger partial charge < -0.3 is 5.73 Å². The smallest absolute Gasteiger partial charge is 0.0485 e. The van der Waals surface area contributed by atoms with Gasteiger partial charge in [0.05, 0.1) is 0 Å². The highest BCUT2D eigenvalue weighted by atomic mass is 32.2. The molecule has 0 radical (unpaired) electrons. The van der Waals surface area contributed by atoms with Crippen LogP contribution >= 0.6 is 23.1 Å². The third-order valence-corrected chi connectivity index (χ3v) is 6.27. The van der Waals surface area contributed by atoms with E-state index in [9.17, 15) is 0 Å². The molecule has 3 rings (SSSR count). The lowest BCUT2D eigenvalue weighted by Gasteiger charge is -2.41. The number of rotatable bonds is 3.